The Morgan fingerprint density at radius 1 is 1.27 bits per heavy atom. The minimum atomic E-state index is 0. The molecule has 1 aromatic carbocycles. The third-order valence-electron chi connectivity index (χ3n) is 4.30. The van der Waals surface area contributed by atoms with E-state index in [4.69, 9.17) is 4.74 Å². The predicted octanol–water partition coefficient (Wildman–Crippen LogP) is 3.03. The predicted molar refractivity (Wildman–Crippen MR) is 120 cm³/mol. The van der Waals surface area contributed by atoms with E-state index in [0.29, 0.717) is 19.3 Å². The lowest BCUT2D eigenvalue weighted by atomic mass is 10.0. The van der Waals surface area contributed by atoms with Crippen molar-refractivity contribution in [2.75, 3.05) is 39.8 Å². The molecule has 6 heteroatoms. The Labute approximate surface area is 175 Å². The molecule has 2 N–H and O–H groups in total. The number of benzene rings is 1. The number of nitrogens with one attached hydrogen (secondary N) is 2. The standard InChI is InChI=1S/C20H32N4O.HI/c1-17(2)15-24-12-9-19(10-13-24)23-20(21-3)22-11-14-25-16-18-7-5-4-6-8-18;/h4-8,19H,1,9-16H2,2-3H3,(H2,21,22,23);1H. The van der Waals surface area contributed by atoms with E-state index in [9.17, 15) is 0 Å². The summed E-state index contributed by atoms with van der Waals surface area (Å²) in [5.41, 5.74) is 2.44. The highest BCUT2D eigenvalue weighted by Crippen LogP contribution is 2.11. The summed E-state index contributed by atoms with van der Waals surface area (Å²) in [6, 6.07) is 10.7. The topological polar surface area (TPSA) is 48.9 Å². The van der Waals surface area contributed by atoms with Gasteiger partial charge in [-0.3, -0.25) is 9.89 Å². The van der Waals surface area contributed by atoms with Crippen molar-refractivity contribution in [1.82, 2.24) is 15.5 Å². The summed E-state index contributed by atoms with van der Waals surface area (Å²) in [4.78, 5) is 6.78. The Morgan fingerprint density at radius 2 is 1.96 bits per heavy atom. The lowest BCUT2D eigenvalue weighted by molar-refractivity contribution is 0.125. The zero-order chi connectivity index (χ0) is 17.9. The summed E-state index contributed by atoms with van der Waals surface area (Å²) >= 11 is 0. The van der Waals surface area contributed by atoms with Crippen molar-refractivity contribution in [3.05, 3.63) is 48.0 Å². The van der Waals surface area contributed by atoms with E-state index in [1.54, 1.807) is 0 Å². The summed E-state index contributed by atoms with van der Waals surface area (Å²) in [7, 11) is 1.82. The number of halogens is 1. The first kappa shape index (κ1) is 22.9. The fourth-order valence-electron chi connectivity index (χ4n) is 3.01. The maximum atomic E-state index is 5.70. The molecule has 146 valence electrons. The van der Waals surface area contributed by atoms with Gasteiger partial charge in [0.05, 0.1) is 13.2 Å². The normalized spacial score (nSPS) is 16.0. The lowest BCUT2D eigenvalue weighted by Crippen LogP contribution is -2.49. The van der Waals surface area contributed by atoms with Crippen LogP contribution in [0.4, 0.5) is 0 Å². The number of rotatable bonds is 8. The maximum absolute atomic E-state index is 5.70. The second-order valence-electron chi connectivity index (χ2n) is 6.69. The van der Waals surface area contributed by atoms with Crippen molar-refractivity contribution in [3.8, 4) is 0 Å². The van der Waals surface area contributed by atoms with Crippen molar-refractivity contribution in [2.45, 2.75) is 32.4 Å². The molecule has 0 unspecified atom stereocenters. The van der Waals surface area contributed by atoms with E-state index in [2.05, 4.69) is 46.2 Å². The Hall–Kier alpha value is -1.12. The van der Waals surface area contributed by atoms with E-state index in [-0.39, 0.29) is 24.0 Å². The third kappa shape index (κ3) is 9.00. The molecule has 1 saturated heterocycles. The molecule has 1 aliphatic heterocycles. The highest BCUT2D eigenvalue weighted by molar-refractivity contribution is 14.0. The molecule has 0 aromatic heterocycles. The Balaban J connectivity index is 0.00000338. The first-order valence-corrected chi connectivity index (χ1v) is 9.13. The van der Waals surface area contributed by atoms with E-state index in [0.717, 1.165) is 45.0 Å². The van der Waals surface area contributed by atoms with Gasteiger partial charge >= 0.3 is 0 Å². The second kappa shape index (κ2) is 13.1. The Kier molecular flexibility index (Phi) is 11.6. The molecule has 2 rings (SSSR count). The van der Waals surface area contributed by atoms with Gasteiger partial charge < -0.3 is 15.4 Å². The van der Waals surface area contributed by atoms with E-state index < -0.39 is 0 Å². The van der Waals surface area contributed by atoms with Crippen LogP contribution in [0.25, 0.3) is 0 Å². The number of nitrogens with zero attached hydrogens (tertiary/aromatic N) is 2. The van der Waals surface area contributed by atoms with Crippen LogP contribution in [0.2, 0.25) is 0 Å². The highest BCUT2D eigenvalue weighted by atomic mass is 127. The minimum Gasteiger partial charge on any atom is -0.375 e. The van der Waals surface area contributed by atoms with Gasteiger partial charge in [0.2, 0.25) is 0 Å². The molecule has 1 fully saturated rings. The molecule has 0 radical (unpaired) electrons. The third-order valence-corrected chi connectivity index (χ3v) is 4.30. The minimum absolute atomic E-state index is 0. The van der Waals surface area contributed by atoms with Gasteiger partial charge in [0.1, 0.15) is 0 Å². The Morgan fingerprint density at radius 3 is 2.58 bits per heavy atom. The van der Waals surface area contributed by atoms with E-state index >= 15 is 0 Å². The smallest absolute Gasteiger partial charge is 0.191 e. The number of ether oxygens (including phenoxy) is 1. The molecular weight excluding hydrogens is 439 g/mol. The molecule has 0 aliphatic carbocycles. The largest absolute Gasteiger partial charge is 0.375 e. The zero-order valence-corrected chi connectivity index (χ0v) is 18.4. The van der Waals surface area contributed by atoms with Crippen molar-refractivity contribution in [3.63, 3.8) is 0 Å². The van der Waals surface area contributed by atoms with Gasteiger partial charge in [-0.05, 0) is 25.3 Å². The van der Waals surface area contributed by atoms with Crippen LogP contribution in [0.3, 0.4) is 0 Å². The molecule has 0 atom stereocenters. The van der Waals surface area contributed by atoms with Gasteiger partial charge in [-0.15, -0.1) is 24.0 Å². The molecule has 5 nitrogen and oxygen atoms in total. The molecule has 1 heterocycles. The van der Waals surface area contributed by atoms with Crippen molar-refractivity contribution >= 4 is 29.9 Å². The second-order valence-corrected chi connectivity index (χ2v) is 6.69. The summed E-state index contributed by atoms with van der Waals surface area (Å²) in [6.07, 6.45) is 2.27. The van der Waals surface area contributed by atoms with Crippen LogP contribution in [0, 0.1) is 0 Å². The number of likely N-dealkylation sites (tertiary alicyclic amines) is 1. The number of hydrogen-bond donors (Lipinski definition) is 2. The SMILES string of the molecule is C=C(C)CN1CCC(NC(=NC)NCCOCc2ccccc2)CC1.I. The zero-order valence-electron chi connectivity index (χ0n) is 16.0. The van der Waals surface area contributed by atoms with Crippen LogP contribution in [0.15, 0.2) is 47.5 Å². The van der Waals surface area contributed by atoms with Crippen molar-refractivity contribution in [1.29, 1.82) is 0 Å². The van der Waals surface area contributed by atoms with Gasteiger partial charge in [-0.1, -0.05) is 42.5 Å². The molecule has 26 heavy (non-hydrogen) atoms. The molecule has 0 spiro atoms. The summed E-state index contributed by atoms with van der Waals surface area (Å²) < 4.78 is 5.70. The molecule has 0 saturated carbocycles. The number of piperidine rings is 1. The van der Waals surface area contributed by atoms with Crippen LogP contribution in [-0.2, 0) is 11.3 Å². The van der Waals surface area contributed by atoms with Crippen LogP contribution in [0.1, 0.15) is 25.3 Å². The van der Waals surface area contributed by atoms with Gasteiger partial charge in [0.25, 0.3) is 0 Å². The lowest BCUT2D eigenvalue weighted by Gasteiger charge is -2.33. The summed E-state index contributed by atoms with van der Waals surface area (Å²) in [6.45, 7) is 11.4. The monoisotopic (exact) mass is 472 g/mol. The van der Waals surface area contributed by atoms with Gasteiger partial charge in [-0.2, -0.15) is 0 Å². The van der Waals surface area contributed by atoms with Crippen LogP contribution < -0.4 is 10.6 Å². The number of aliphatic imine (C=N–C) groups is 1. The van der Waals surface area contributed by atoms with Crippen LogP contribution in [0.5, 0.6) is 0 Å². The van der Waals surface area contributed by atoms with Crippen LogP contribution >= 0.6 is 24.0 Å². The van der Waals surface area contributed by atoms with E-state index in [1.807, 2.05) is 25.2 Å². The number of guanidine groups is 1. The molecular formula is C20H33IN4O. The maximum Gasteiger partial charge on any atom is 0.191 e. The first-order chi connectivity index (χ1) is 12.2. The van der Waals surface area contributed by atoms with Gasteiger partial charge in [0, 0.05) is 39.3 Å². The van der Waals surface area contributed by atoms with Gasteiger partial charge in [0.15, 0.2) is 5.96 Å². The number of hydrogen-bond acceptors (Lipinski definition) is 3. The van der Waals surface area contributed by atoms with Crippen molar-refractivity contribution < 1.29 is 4.74 Å². The molecule has 1 aromatic rings. The van der Waals surface area contributed by atoms with Crippen LogP contribution in [-0.4, -0.2) is 56.7 Å². The highest BCUT2D eigenvalue weighted by Gasteiger charge is 2.19. The molecule has 0 bridgehead atoms. The average molecular weight is 472 g/mol. The first-order valence-electron chi connectivity index (χ1n) is 9.13. The summed E-state index contributed by atoms with van der Waals surface area (Å²) in [5.74, 6) is 0.863. The Bertz CT molecular complexity index is 542. The van der Waals surface area contributed by atoms with E-state index in [1.165, 1.54) is 11.1 Å². The molecule has 1 aliphatic rings. The quantitative estimate of drug-likeness (QED) is 0.201. The van der Waals surface area contributed by atoms with Gasteiger partial charge in [-0.25, -0.2) is 0 Å². The molecule has 0 amide bonds. The van der Waals surface area contributed by atoms with Crippen molar-refractivity contribution in [2.24, 2.45) is 4.99 Å². The fraction of sp³-hybridized carbons (Fsp3) is 0.550. The fourth-order valence-corrected chi connectivity index (χ4v) is 3.01. The average Bonchev–Trinajstić information content (AvgIpc) is 2.62. The summed E-state index contributed by atoms with van der Waals surface area (Å²) in [5, 5.41) is 6.85.